The molecule has 0 aliphatic carbocycles. The third-order valence-electron chi connectivity index (χ3n) is 5.46. The number of hydrogen-bond acceptors (Lipinski definition) is 4. The molecule has 0 saturated carbocycles. The van der Waals surface area contributed by atoms with Crippen molar-refractivity contribution in [1.82, 2.24) is 15.1 Å². The minimum absolute atomic E-state index is 0.181. The van der Waals surface area contributed by atoms with Gasteiger partial charge in [0.2, 0.25) is 0 Å². The molecule has 0 unspecified atom stereocenters. The summed E-state index contributed by atoms with van der Waals surface area (Å²) in [5, 5.41) is 9.09. The van der Waals surface area contributed by atoms with Gasteiger partial charge in [0.05, 0.1) is 17.7 Å². The number of aromatic amines is 1. The Kier molecular flexibility index (Phi) is 6.11. The summed E-state index contributed by atoms with van der Waals surface area (Å²) in [7, 11) is 0. The van der Waals surface area contributed by atoms with Gasteiger partial charge in [0, 0.05) is 22.9 Å². The first-order valence-electron chi connectivity index (χ1n) is 9.89. The molecule has 1 N–H and O–H groups in total. The van der Waals surface area contributed by atoms with Crippen LogP contribution in [0.15, 0.2) is 47.3 Å². The summed E-state index contributed by atoms with van der Waals surface area (Å²) in [5.41, 5.74) is 0.750. The van der Waals surface area contributed by atoms with Crippen LogP contribution in [0.3, 0.4) is 0 Å². The number of fused-ring (bicyclic) bond motifs is 1. The maximum absolute atomic E-state index is 12.9. The van der Waals surface area contributed by atoms with Crippen molar-refractivity contribution in [2.45, 2.75) is 25.2 Å². The number of piperidine rings is 1. The fourth-order valence-corrected chi connectivity index (χ4v) is 4.08. The van der Waals surface area contributed by atoms with Gasteiger partial charge in [0.1, 0.15) is 11.6 Å². The number of hydrogen-bond donors (Lipinski definition) is 1. The Labute approximate surface area is 173 Å². The lowest BCUT2D eigenvalue weighted by Gasteiger charge is -2.31. The van der Waals surface area contributed by atoms with Gasteiger partial charge >= 0.3 is 0 Å². The molecule has 0 atom stereocenters. The van der Waals surface area contributed by atoms with E-state index in [2.05, 4.69) is 15.1 Å². The summed E-state index contributed by atoms with van der Waals surface area (Å²) in [4.78, 5) is 14.5. The summed E-state index contributed by atoms with van der Waals surface area (Å²) in [5.74, 6) is 0.742. The van der Waals surface area contributed by atoms with E-state index in [4.69, 9.17) is 16.3 Å². The zero-order chi connectivity index (χ0) is 20.2. The minimum Gasteiger partial charge on any atom is -0.494 e. The summed E-state index contributed by atoms with van der Waals surface area (Å²) < 4.78 is 18.6. The number of nitrogens with zero attached hydrogens (tertiary/aromatic N) is 2. The van der Waals surface area contributed by atoms with Crippen molar-refractivity contribution >= 4 is 22.4 Å². The van der Waals surface area contributed by atoms with Gasteiger partial charge in [-0.15, -0.1) is 0 Å². The molecule has 4 rings (SSSR count). The highest BCUT2D eigenvalue weighted by atomic mass is 35.5. The predicted octanol–water partition coefficient (Wildman–Crippen LogP) is 4.36. The Balaban J connectivity index is 1.30. The summed E-state index contributed by atoms with van der Waals surface area (Å²) in [6, 6.07) is 11.4. The van der Waals surface area contributed by atoms with E-state index in [0.717, 1.165) is 50.0 Å². The van der Waals surface area contributed by atoms with Crippen LogP contribution >= 0.6 is 11.6 Å². The second kappa shape index (κ2) is 8.93. The lowest BCUT2D eigenvalue weighted by Crippen LogP contribution is -2.34. The molecule has 29 heavy (non-hydrogen) atoms. The van der Waals surface area contributed by atoms with Crippen molar-refractivity contribution < 1.29 is 9.13 Å². The van der Waals surface area contributed by atoms with Gasteiger partial charge < -0.3 is 9.64 Å². The Morgan fingerprint density at radius 1 is 1.14 bits per heavy atom. The molecule has 7 heteroatoms. The lowest BCUT2D eigenvalue weighted by molar-refractivity contribution is 0.192. The molecule has 2 heterocycles. The number of aromatic nitrogens is 2. The van der Waals surface area contributed by atoms with E-state index >= 15 is 0 Å². The second-order valence-corrected chi connectivity index (χ2v) is 7.84. The highest BCUT2D eigenvalue weighted by molar-refractivity contribution is 6.31. The molecule has 0 radical (unpaired) electrons. The predicted molar refractivity (Wildman–Crippen MR) is 112 cm³/mol. The Hall–Kier alpha value is -2.44. The third kappa shape index (κ3) is 4.77. The van der Waals surface area contributed by atoms with E-state index < -0.39 is 0 Å². The van der Waals surface area contributed by atoms with Crippen molar-refractivity contribution in [3.63, 3.8) is 0 Å². The van der Waals surface area contributed by atoms with E-state index in [1.807, 2.05) is 6.07 Å². The van der Waals surface area contributed by atoms with Gasteiger partial charge in [-0.2, -0.15) is 5.10 Å². The summed E-state index contributed by atoms with van der Waals surface area (Å²) in [6.07, 6.45) is 2.89. The zero-order valence-corrected chi connectivity index (χ0v) is 16.8. The molecule has 2 aromatic carbocycles. The van der Waals surface area contributed by atoms with Crippen LogP contribution in [-0.4, -0.2) is 41.3 Å². The highest BCUT2D eigenvalue weighted by Crippen LogP contribution is 2.31. The van der Waals surface area contributed by atoms with Crippen molar-refractivity contribution in [2.75, 3.05) is 26.2 Å². The average Bonchev–Trinajstić information content (AvgIpc) is 2.73. The average molecular weight is 416 g/mol. The molecule has 1 aromatic heterocycles. The molecule has 152 valence electrons. The van der Waals surface area contributed by atoms with E-state index in [-0.39, 0.29) is 11.4 Å². The normalized spacial score (nSPS) is 15.7. The molecule has 0 bridgehead atoms. The smallest absolute Gasteiger partial charge is 0.272 e. The molecular weight excluding hydrogens is 393 g/mol. The third-order valence-corrected chi connectivity index (χ3v) is 5.69. The fraction of sp³-hybridized carbons (Fsp3) is 0.364. The standard InChI is InChI=1S/C22H23ClFN3O2/c23-16-2-7-19-20(14-16)21(25-26-22(19)28)15-8-11-27(12-9-15)10-1-13-29-18-5-3-17(24)4-6-18/h2-7,14-15H,1,8-13H2,(H,26,28). The number of ether oxygens (including phenoxy) is 1. The van der Waals surface area contributed by atoms with Crippen LogP contribution in [0.4, 0.5) is 4.39 Å². The van der Waals surface area contributed by atoms with Crippen molar-refractivity contribution in [3.05, 3.63) is 69.4 Å². The highest BCUT2D eigenvalue weighted by Gasteiger charge is 2.23. The summed E-state index contributed by atoms with van der Waals surface area (Å²) >= 11 is 6.15. The van der Waals surface area contributed by atoms with Gasteiger partial charge in [0.25, 0.3) is 5.56 Å². The van der Waals surface area contributed by atoms with E-state index in [0.29, 0.717) is 28.7 Å². The molecule has 1 aliphatic rings. The first-order chi connectivity index (χ1) is 14.1. The molecule has 1 fully saturated rings. The SMILES string of the molecule is O=c1[nH]nc(C2CCN(CCCOc3ccc(F)cc3)CC2)c2cc(Cl)ccc12. The maximum Gasteiger partial charge on any atom is 0.272 e. The van der Waals surface area contributed by atoms with Crippen LogP contribution < -0.4 is 10.3 Å². The molecular formula is C22H23ClFN3O2. The maximum atomic E-state index is 12.9. The Morgan fingerprint density at radius 3 is 2.66 bits per heavy atom. The molecule has 1 aliphatic heterocycles. The molecule has 3 aromatic rings. The second-order valence-electron chi connectivity index (χ2n) is 7.40. The molecule has 1 saturated heterocycles. The number of rotatable bonds is 6. The van der Waals surface area contributed by atoms with E-state index in [1.165, 1.54) is 12.1 Å². The molecule has 0 amide bonds. The first-order valence-corrected chi connectivity index (χ1v) is 10.3. The van der Waals surface area contributed by atoms with Crippen molar-refractivity contribution in [1.29, 1.82) is 0 Å². The van der Waals surface area contributed by atoms with Gasteiger partial charge in [-0.05, 0) is 74.8 Å². The van der Waals surface area contributed by atoms with Crippen molar-refractivity contribution in [2.24, 2.45) is 0 Å². The monoisotopic (exact) mass is 415 g/mol. The zero-order valence-electron chi connectivity index (χ0n) is 16.0. The quantitative estimate of drug-likeness (QED) is 0.607. The van der Waals surface area contributed by atoms with Crippen molar-refractivity contribution in [3.8, 4) is 5.75 Å². The van der Waals surface area contributed by atoms with Gasteiger partial charge in [-0.1, -0.05) is 11.6 Å². The van der Waals surface area contributed by atoms with Crippen LogP contribution in [0, 0.1) is 5.82 Å². The largest absolute Gasteiger partial charge is 0.494 e. The van der Waals surface area contributed by atoms with Crippen LogP contribution in [0.5, 0.6) is 5.75 Å². The minimum atomic E-state index is -0.257. The number of H-pyrrole nitrogens is 1. The fourth-order valence-electron chi connectivity index (χ4n) is 3.91. The van der Waals surface area contributed by atoms with Gasteiger partial charge in [0.15, 0.2) is 0 Å². The molecule has 0 spiro atoms. The van der Waals surface area contributed by atoms with Crippen LogP contribution in [0.1, 0.15) is 30.9 Å². The van der Waals surface area contributed by atoms with Gasteiger partial charge in [-0.25, -0.2) is 9.49 Å². The number of benzene rings is 2. The first kappa shape index (κ1) is 19.9. The Bertz CT molecular complexity index is 1030. The van der Waals surface area contributed by atoms with Gasteiger partial charge in [-0.3, -0.25) is 4.79 Å². The molecule has 5 nitrogen and oxygen atoms in total. The number of halogens is 2. The van der Waals surface area contributed by atoms with Crippen LogP contribution in [-0.2, 0) is 0 Å². The topological polar surface area (TPSA) is 58.2 Å². The van der Waals surface area contributed by atoms with E-state index in [1.54, 1.807) is 24.3 Å². The number of likely N-dealkylation sites (tertiary alicyclic amines) is 1. The number of nitrogens with one attached hydrogen (secondary N) is 1. The van der Waals surface area contributed by atoms with Crippen LogP contribution in [0.25, 0.3) is 10.8 Å². The van der Waals surface area contributed by atoms with Crippen LogP contribution in [0.2, 0.25) is 5.02 Å². The van der Waals surface area contributed by atoms with E-state index in [9.17, 15) is 9.18 Å². The Morgan fingerprint density at radius 2 is 1.90 bits per heavy atom. The lowest BCUT2D eigenvalue weighted by atomic mass is 9.90. The summed E-state index contributed by atoms with van der Waals surface area (Å²) in [6.45, 7) is 3.52.